The molecule has 162 valence electrons. The van der Waals surface area contributed by atoms with Gasteiger partial charge in [0.15, 0.2) is 0 Å². The Hall–Kier alpha value is -1.60. The molecule has 1 unspecified atom stereocenters. The van der Waals surface area contributed by atoms with Crippen LogP contribution in [0.15, 0.2) is 20.6 Å². The van der Waals surface area contributed by atoms with Crippen molar-refractivity contribution in [3.8, 4) is 0 Å². The molecule has 1 atom stereocenters. The lowest BCUT2D eigenvalue weighted by Gasteiger charge is -2.44. The van der Waals surface area contributed by atoms with Crippen LogP contribution in [0.1, 0.15) is 58.6 Å². The van der Waals surface area contributed by atoms with Crippen LogP contribution >= 0.6 is 11.8 Å². The van der Waals surface area contributed by atoms with Gasteiger partial charge in [-0.15, -0.1) is 0 Å². The Kier molecular flexibility index (Phi) is 5.30. The average Bonchev–Trinajstić information content (AvgIpc) is 2.73. The number of aromatic nitrogens is 2. The van der Waals surface area contributed by atoms with Gasteiger partial charge in [-0.25, -0.2) is 15.0 Å². The molecular weight excluding hydrogens is 394 g/mol. The van der Waals surface area contributed by atoms with Gasteiger partial charge in [0.1, 0.15) is 10.7 Å². The van der Waals surface area contributed by atoms with E-state index in [2.05, 4.69) is 37.5 Å². The van der Waals surface area contributed by atoms with Crippen LogP contribution in [-0.2, 0) is 4.74 Å². The summed E-state index contributed by atoms with van der Waals surface area (Å²) in [6, 6.07) is 0.606. The lowest BCUT2D eigenvalue weighted by atomic mass is 9.77. The smallest absolute Gasteiger partial charge is 0.226 e. The van der Waals surface area contributed by atoms with Crippen LogP contribution in [0, 0.1) is 12.3 Å². The molecule has 30 heavy (non-hydrogen) atoms. The lowest BCUT2D eigenvalue weighted by Crippen LogP contribution is -2.41. The SMILES string of the molecule is Cc1nc(N2CCOCC2)nc2c1N=C1CC(C)(C)CC(N3CCCCC3C)=C1S2. The summed E-state index contributed by atoms with van der Waals surface area (Å²) in [5.41, 5.74) is 4.92. The molecule has 0 saturated carbocycles. The summed E-state index contributed by atoms with van der Waals surface area (Å²) < 4.78 is 5.51. The maximum atomic E-state index is 5.51. The fraction of sp³-hybridized carbons (Fsp3) is 0.696. The van der Waals surface area contributed by atoms with Gasteiger partial charge in [-0.05, 0) is 51.4 Å². The molecule has 1 aromatic heterocycles. The summed E-state index contributed by atoms with van der Waals surface area (Å²) in [6.45, 7) is 13.6. The Balaban J connectivity index is 1.57. The number of likely N-dealkylation sites (tertiary alicyclic amines) is 1. The van der Waals surface area contributed by atoms with E-state index >= 15 is 0 Å². The number of morpholine rings is 1. The quantitative estimate of drug-likeness (QED) is 0.638. The van der Waals surface area contributed by atoms with Crippen molar-refractivity contribution in [2.45, 2.75) is 70.9 Å². The van der Waals surface area contributed by atoms with Gasteiger partial charge in [0.2, 0.25) is 5.95 Å². The topological polar surface area (TPSA) is 53.9 Å². The molecule has 0 N–H and O–H groups in total. The summed E-state index contributed by atoms with van der Waals surface area (Å²) in [5.74, 6) is 0.824. The van der Waals surface area contributed by atoms with E-state index in [-0.39, 0.29) is 5.41 Å². The van der Waals surface area contributed by atoms with Crippen LogP contribution in [-0.4, -0.2) is 59.5 Å². The number of fused-ring (bicyclic) bond motifs is 2. The molecule has 1 aliphatic carbocycles. The number of thioether (sulfide) groups is 1. The number of anilines is 1. The molecule has 4 heterocycles. The van der Waals surface area contributed by atoms with Crippen LogP contribution in [0.25, 0.3) is 0 Å². The third kappa shape index (κ3) is 3.75. The van der Waals surface area contributed by atoms with E-state index in [1.54, 1.807) is 0 Å². The Labute approximate surface area is 184 Å². The summed E-state index contributed by atoms with van der Waals surface area (Å²) in [5, 5.41) is 1.02. The number of aryl methyl sites for hydroxylation is 1. The van der Waals surface area contributed by atoms with E-state index in [0.29, 0.717) is 6.04 Å². The normalized spacial score (nSPS) is 26.3. The average molecular weight is 428 g/mol. The minimum absolute atomic E-state index is 0.232. The number of hydrogen-bond donors (Lipinski definition) is 0. The zero-order chi connectivity index (χ0) is 20.9. The molecule has 6 nitrogen and oxygen atoms in total. The van der Waals surface area contributed by atoms with Crippen LogP contribution in [0.5, 0.6) is 0 Å². The minimum atomic E-state index is 0.232. The second-order valence-electron chi connectivity index (χ2n) is 9.85. The van der Waals surface area contributed by atoms with Gasteiger partial charge in [0.25, 0.3) is 0 Å². The van der Waals surface area contributed by atoms with Gasteiger partial charge in [0.05, 0.1) is 29.5 Å². The molecule has 7 heteroatoms. The number of piperidine rings is 1. The molecule has 3 aliphatic heterocycles. The molecule has 2 fully saturated rings. The van der Waals surface area contributed by atoms with Gasteiger partial charge in [-0.3, -0.25) is 0 Å². The molecule has 0 radical (unpaired) electrons. The number of nitrogens with zero attached hydrogens (tertiary/aromatic N) is 5. The second kappa shape index (κ2) is 7.83. The van der Waals surface area contributed by atoms with Gasteiger partial charge >= 0.3 is 0 Å². The lowest BCUT2D eigenvalue weighted by molar-refractivity contribution is 0.122. The molecule has 2 saturated heterocycles. The third-order valence-electron chi connectivity index (χ3n) is 6.72. The van der Waals surface area contributed by atoms with E-state index in [4.69, 9.17) is 19.7 Å². The van der Waals surface area contributed by atoms with Gasteiger partial charge in [-0.2, -0.15) is 0 Å². The molecule has 0 amide bonds. The van der Waals surface area contributed by atoms with Crippen LogP contribution < -0.4 is 4.90 Å². The van der Waals surface area contributed by atoms with Crippen molar-refractivity contribution >= 4 is 29.1 Å². The number of aliphatic imine (C=N–C) groups is 1. The molecule has 5 rings (SSSR count). The monoisotopic (exact) mass is 427 g/mol. The zero-order valence-corrected chi connectivity index (χ0v) is 19.5. The second-order valence-corrected chi connectivity index (χ2v) is 10.9. The summed E-state index contributed by atoms with van der Waals surface area (Å²) in [4.78, 5) is 21.2. The first kappa shape index (κ1) is 20.3. The highest BCUT2D eigenvalue weighted by molar-refractivity contribution is 8.04. The number of ether oxygens (including phenoxy) is 1. The summed E-state index contributed by atoms with van der Waals surface area (Å²) in [6.07, 6.45) is 6.06. The number of allylic oxidation sites excluding steroid dienone is 2. The maximum Gasteiger partial charge on any atom is 0.226 e. The molecule has 4 aliphatic rings. The Bertz CT molecular complexity index is 903. The standard InChI is InChI=1S/C23H33N5OS/c1-15-7-5-6-8-28(15)18-14-23(3,4)13-17-20(18)30-21-19(25-17)16(2)24-22(26-21)27-9-11-29-12-10-27/h15H,5-14H2,1-4H3. The molecular formula is C23H33N5OS. The number of hydrogen-bond acceptors (Lipinski definition) is 7. The summed E-state index contributed by atoms with van der Waals surface area (Å²) >= 11 is 1.84. The minimum Gasteiger partial charge on any atom is -0.378 e. The zero-order valence-electron chi connectivity index (χ0n) is 18.7. The van der Waals surface area contributed by atoms with Gasteiger partial charge in [-0.1, -0.05) is 25.6 Å². The van der Waals surface area contributed by atoms with E-state index in [1.165, 1.54) is 42.1 Å². The van der Waals surface area contributed by atoms with Crippen LogP contribution in [0.3, 0.4) is 0 Å². The van der Waals surface area contributed by atoms with Gasteiger partial charge < -0.3 is 14.5 Å². The van der Waals surface area contributed by atoms with Crippen molar-refractivity contribution in [1.29, 1.82) is 0 Å². The molecule has 0 spiro atoms. The molecule has 0 aromatic carbocycles. The highest BCUT2D eigenvalue weighted by atomic mass is 32.2. The first-order valence-electron chi connectivity index (χ1n) is 11.4. The number of rotatable bonds is 2. The maximum absolute atomic E-state index is 5.51. The Morgan fingerprint density at radius 1 is 1.07 bits per heavy atom. The van der Waals surface area contributed by atoms with Crippen molar-refractivity contribution in [3.05, 3.63) is 16.3 Å². The molecule has 0 bridgehead atoms. The Morgan fingerprint density at radius 3 is 2.63 bits per heavy atom. The van der Waals surface area contributed by atoms with E-state index < -0.39 is 0 Å². The van der Waals surface area contributed by atoms with Crippen molar-refractivity contribution in [2.24, 2.45) is 10.4 Å². The third-order valence-corrected chi connectivity index (χ3v) is 7.87. The Morgan fingerprint density at radius 2 is 1.87 bits per heavy atom. The fourth-order valence-electron chi connectivity index (χ4n) is 5.10. The van der Waals surface area contributed by atoms with E-state index in [0.717, 1.165) is 61.5 Å². The largest absolute Gasteiger partial charge is 0.378 e. The predicted octanol–water partition coefficient (Wildman–Crippen LogP) is 4.71. The highest BCUT2D eigenvalue weighted by Crippen LogP contribution is 2.50. The first-order valence-corrected chi connectivity index (χ1v) is 12.2. The fourth-order valence-corrected chi connectivity index (χ4v) is 6.25. The van der Waals surface area contributed by atoms with Crippen molar-refractivity contribution in [3.63, 3.8) is 0 Å². The van der Waals surface area contributed by atoms with Crippen LogP contribution in [0.4, 0.5) is 11.6 Å². The molecule has 1 aromatic rings. The summed E-state index contributed by atoms with van der Waals surface area (Å²) in [7, 11) is 0. The van der Waals surface area contributed by atoms with E-state index in [9.17, 15) is 0 Å². The first-order chi connectivity index (χ1) is 14.4. The van der Waals surface area contributed by atoms with Crippen molar-refractivity contribution < 1.29 is 4.74 Å². The van der Waals surface area contributed by atoms with Gasteiger partial charge in [0, 0.05) is 31.4 Å². The van der Waals surface area contributed by atoms with Crippen LogP contribution in [0.2, 0.25) is 0 Å². The highest BCUT2D eigenvalue weighted by Gasteiger charge is 2.38. The predicted molar refractivity (Wildman–Crippen MR) is 123 cm³/mol. The van der Waals surface area contributed by atoms with Crippen molar-refractivity contribution in [2.75, 3.05) is 37.7 Å². The van der Waals surface area contributed by atoms with Crippen molar-refractivity contribution in [1.82, 2.24) is 14.9 Å². The van der Waals surface area contributed by atoms with E-state index in [1.807, 2.05) is 11.8 Å².